The third-order valence-corrected chi connectivity index (χ3v) is 3.24. The highest BCUT2D eigenvalue weighted by atomic mass is 32.2. The van der Waals surface area contributed by atoms with E-state index in [0.29, 0.717) is 0 Å². The Morgan fingerprint density at radius 3 is 2.57 bits per heavy atom. The van der Waals surface area contributed by atoms with Gasteiger partial charge >= 0.3 is 5.97 Å². The molecule has 0 amide bonds. The predicted molar refractivity (Wildman–Crippen MR) is 86.9 cm³/mol. The summed E-state index contributed by atoms with van der Waals surface area (Å²) < 4.78 is 5.30. The van der Waals surface area contributed by atoms with Crippen molar-refractivity contribution >= 4 is 23.5 Å². The second-order valence-corrected chi connectivity index (χ2v) is 7.01. The van der Waals surface area contributed by atoms with Crippen LogP contribution in [0.1, 0.15) is 53.3 Å². The molecule has 0 aliphatic rings. The van der Waals surface area contributed by atoms with Gasteiger partial charge in [-0.2, -0.15) is 0 Å². The van der Waals surface area contributed by atoms with Gasteiger partial charge in [0.15, 0.2) is 0 Å². The summed E-state index contributed by atoms with van der Waals surface area (Å²) in [7, 11) is 0. The lowest BCUT2D eigenvalue weighted by atomic mass is 10.2. The van der Waals surface area contributed by atoms with Crippen molar-refractivity contribution in [2.75, 3.05) is 17.6 Å². The molecule has 0 saturated heterocycles. The van der Waals surface area contributed by atoms with Gasteiger partial charge in [-0.3, -0.25) is 4.79 Å². The summed E-state index contributed by atoms with van der Waals surface area (Å²) >= 11 is 1.38. The SMILES string of the molecule is CCNc1cc(SCC(=O)OC(C)(C)C)nc(C(C)C)n1. The summed E-state index contributed by atoms with van der Waals surface area (Å²) in [6.45, 7) is 12.5. The highest BCUT2D eigenvalue weighted by molar-refractivity contribution is 7.99. The van der Waals surface area contributed by atoms with Crippen LogP contribution in [0.3, 0.4) is 0 Å². The molecule has 1 rings (SSSR count). The van der Waals surface area contributed by atoms with Crippen LogP contribution in [0, 0.1) is 0 Å². The number of nitrogens with one attached hydrogen (secondary N) is 1. The first-order chi connectivity index (χ1) is 9.71. The Labute approximate surface area is 131 Å². The van der Waals surface area contributed by atoms with Gasteiger partial charge in [-0.1, -0.05) is 25.6 Å². The van der Waals surface area contributed by atoms with E-state index in [1.165, 1.54) is 11.8 Å². The molecule has 1 aromatic rings. The van der Waals surface area contributed by atoms with Gasteiger partial charge in [0, 0.05) is 18.5 Å². The Morgan fingerprint density at radius 1 is 1.38 bits per heavy atom. The van der Waals surface area contributed by atoms with Crippen molar-refractivity contribution in [3.05, 3.63) is 11.9 Å². The maximum atomic E-state index is 11.8. The Balaban J connectivity index is 2.75. The van der Waals surface area contributed by atoms with E-state index in [1.807, 2.05) is 47.6 Å². The van der Waals surface area contributed by atoms with Crippen molar-refractivity contribution in [1.82, 2.24) is 9.97 Å². The Kier molecular flexibility index (Phi) is 6.45. The maximum Gasteiger partial charge on any atom is 0.316 e. The molecule has 0 saturated carbocycles. The summed E-state index contributed by atoms with van der Waals surface area (Å²) in [4.78, 5) is 20.7. The van der Waals surface area contributed by atoms with E-state index < -0.39 is 5.60 Å². The number of nitrogens with zero attached hydrogens (tertiary/aromatic N) is 2. The van der Waals surface area contributed by atoms with Crippen LogP contribution in [0.5, 0.6) is 0 Å². The molecule has 0 aliphatic heterocycles. The summed E-state index contributed by atoms with van der Waals surface area (Å²) in [5, 5.41) is 3.98. The minimum absolute atomic E-state index is 0.234. The van der Waals surface area contributed by atoms with Crippen LogP contribution in [-0.4, -0.2) is 33.8 Å². The smallest absolute Gasteiger partial charge is 0.316 e. The van der Waals surface area contributed by atoms with Gasteiger partial charge in [0.1, 0.15) is 22.3 Å². The highest BCUT2D eigenvalue weighted by Gasteiger charge is 2.17. The first-order valence-corrected chi connectivity index (χ1v) is 8.17. The van der Waals surface area contributed by atoms with Gasteiger partial charge in [0.25, 0.3) is 0 Å². The van der Waals surface area contributed by atoms with E-state index in [1.54, 1.807) is 0 Å². The van der Waals surface area contributed by atoms with Crippen molar-refractivity contribution in [2.45, 2.75) is 58.1 Å². The number of ether oxygens (including phenoxy) is 1. The van der Waals surface area contributed by atoms with Gasteiger partial charge in [0.2, 0.25) is 0 Å². The zero-order valence-corrected chi connectivity index (χ0v) is 14.5. The molecule has 1 N–H and O–H groups in total. The molecule has 0 unspecified atom stereocenters. The molecule has 1 heterocycles. The standard InChI is InChI=1S/C15H25N3O2S/c1-7-16-11-8-12(18-14(17-11)10(2)3)21-9-13(19)20-15(4,5)6/h8,10H,7,9H2,1-6H3,(H,16,17,18). The fraction of sp³-hybridized carbons (Fsp3) is 0.667. The quantitative estimate of drug-likeness (QED) is 0.493. The molecule has 0 fully saturated rings. The average molecular weight is 311 g/mol. The van der Waals surface area contributed by atoms with Crippen LogP contribution in [-0.2, 0) is 9.53 Å². The molecule has 0 aliphatic carbocycles. The van der Waals surface area contributed by atoms with Crippen LogP contribution in [0.2, 0.25) is 0 Å². The predicted octanol–water partition coefficient (Wildman–Crippen LogP) is 3.47. The monoisotopic (exact) mass is 311 g/mol. The first-order valence-electron chi connectivity index (χ1n) is 7.18. The summed E-state index contributed by atoms with van der Waals surface area (Å²) in [5.74, 6) is 1.83. The van der Waals surface area contributed by atoms with Crippen LogP contribution >= 0.6 is 11.8 Å². The molecule has 118 valence electrons. The number of aromatic nitrogens is 2. The van der Waals surface area contributed by atoms with Gasteiger partial charge in [0.05, 0.1) is 5.75 Å². The Bertz CT molecular complexity index is 484. The fourth-order valence-electron chi connectivity index (χ4n) is 1.55. The zero-order chi connectivity index (χ0) is 16.0. The van der Waals surface area contributed by atoms with Crippen molar-refractivity contribution in [3.63, 3.8) is 0 Å². The van der Waals surface area contributed by atoms with Crippen LogP contribution in [0.25, 0.3) is 0 Å². The Morgan fingerprint density at radius 2 is 2.05 bits per heavy atom. The minimum atomic E-state index is -0.457. The van der Waals surface area contributed by atoms with Gasteiger partial charge in [-0.15, -0.1) is 0 Å². The van der Waals surface area contributed by atoms with E-state index in [0.717, 1.165) is 23.2 Å². The lowest BCUT2D eigenvalue weighted by molar-refractivity contribution is -0.151. The average Bonchev–Trinajstić information content (AvgIpc) is 2.34. The molecule has 1 aromatic heterocycles. The minimum Gasteiger partial charge on any atom is -0.459 e. The molecule has 0 radical (unpaired) electrons. The fourth-order valence-corrected chi connectivity index (χ4v) is 2.23. The topological polar surface area (TPSA) is 64.1 Å². The summed E-state index contributed by atoms with van der Waals surface area (Å²) in [6, 6.07) is 1.87. The van der Waals surface area contributed by atoms with Crippen LogP contribution in [0.15, 0.2) is 11.1 Å². The van der Waals surface area contributed by atoms with Crippen molar-refractivity contribution in [1.29, 1.82) is 0 Å². The number of rotatable bonds is 6. The molecule has 5 nitrogen and oxygen atoms in total. The highest BCUT2D eigenvalue weighted by Crippen LogP contribution is 2.22. The number of hydrogen-bond acceptors (Lipinski definition) is 6. The third kappa shape index (κ3) is 6.80. The van der Waals surface area contributed by atoms with E-state index >= 15 is 0 Å². The van der Waals surface area contributed by atoms with Crippen molar-refractivity contribution in [3.8, 4) is 0 Å². The van der Waals surface area contributed by atoms with Crippen molar-refractivity contribution < 1.29 is 9.53 Å². The summed E-state index contributed by atoms with van der Waals surface area (Å²) in [6.07, 6.45) is 0. The number of thioether (sulfide) groups is 1. The number of esters is 1. The first kappa shape index (κ1) is 17.8. The molecule has 6 heteroatoms. The number of anilines is 1. The summed E-state index contributed by atoms with van der Waals surface area (Å²) in [5.41, 5.74) is -0.457. The lowest BCUT2D eigenvalue weighted by Gasteiger charge is -2.19. The second kappa shape index (κ2) is 7.64. The van der Waals surface area contributed by atoms with E-state index in [9.17, 15) is 4.79 Å². The number of hydrogen-bond donors (Lipinski definition) is 1. The van der Waals surface area contributed by atoms with Gasteiger partial charge in [-0.05, 0) is 27.7 Å². The van der Waals surface area contributed by atoms with Crippen LogP contribution in [0.4, 0.5) is 5.82 Å². The third-order valence-electron chi connectivity index (χ3n) is 2.35. The van der Waals surface area contributed by atoms with Gasteiger partial charge in [-0.25, -0.2) is 9.97 Å². The number of carbonyl (C=O) groups is 1. The molecule has 0 bridgehead atoms. The Hall–Kier alpha value is -1.30. The van der Waals surface area contributed by atoms with E-state index in [4.69, 9.17) is 4.74 Å². The lowest BCUT2D eigenvalue weighted by Crippen LogP contribution is -2.24. The van der Waals surface area contributed by atoms with E-state index in [2.05, 4.69) is 15.3 Å². The zero-order valence-electron chi connectivity index (χ0n) is 13.7. The molecule has 0 aromatic carbocycles. The molecular weight excluding hydrogens is 286 g/mol. The van der Waals surface area contributed by atoms with Crippen LogP contribution < -0.4 is 5.32 Å². The maximum absolute atomic E-state index is 11.8. The molecule has 0 atom stereocenters. The molecular formula is C15H25N3O2S. The largest absolute Gasteiger partial charge is 0.459 e. The normalized spacial score (nSPS) is 11.6. The van der Waals surface area contributed by atoms with Gasteiger partial charge < -0.3 is 10.1 Å². The second-order valence-electron chi connectivity index (χ2n) is 6.01. The number of carbonyl (C=O) groups excluding carboxylic acids is 1. The molecule has 0 spiro atoms. The molecule has 21 heavy (non-hydrogen) atoms. The van der Waals surface area contributed by atoms with E-state index in [-0.39, 0.29) is 17.6 Å². The van der Waals surface area contributed by atoms with Crippen molar-refractivity contribution in [2.24, 2.45) is 0 Å².